The van der Waals surface area contributed by atoms with E-state index in [0.717, 1.165) is 18.2 Å². The number of hydrogen-bond donors (Lipinski definition) is 0. The lowest BCUT2D eigenvalue weighted by atomic mass is 10.1. The van der Waals surface area contributed by atoms with Crippen LogP contribution in [0.1, 0.15) is 28.4 Å². The molecule has 21 heavy (non-hydrogen) atoms. The van der Waals surface area contributed by atoms with Crippen LogP contribution < -0.4 is 4.74 Å². The van der Waals surface area contributed by atoms with E-state index in [9.17, 15) is 13.6 Å². The third-order valence-corrected chi connectivity index (χ3v) is 2.89. The van der Waals surface area contributed by atoms with E-state index in [0.29, 0.717) is 0 Å². The lowest BCUT2D eigenvalue weighted by Gasteiger charge is -2.10. The zero-order chi connectivity index (χ0) is 15.4. The van der Waals surface area contributed by atoms with E-state index in [4.69, 9.17) is 10.00 Å². The number of ketones is 1. The molecule has 0 aliphatic carbocycles. The molecule has 0 aliphatic heterocycles. The number of Topliss-reactive ketones (excluding diaryl/α,β-unsaturated/α-hetero) is 1. The van der Waals surface area contributed by atoms with Crippen LogP contribution in [0, 0.1) is 23.0 Å². The standard InChI is InChI=1S/C16H11F2NO2/c1-10(20)14-5-4-13(17)7-16(14)21-9-12-3-2-11(8-19)6-15(12)18/h2-7H,9H2,1H3. The molecule has 0 bridgehead atoms. The van der Waals surface area contributed by atoms with E-state index < -0.39 is 11.6 Å². The Morgan fingerprint density at radius 1 is 1.24 bits per heavy atom. The van der Waals surface area contributed by atoms with E-state index in [-0.39, 0.29) is 34.8 Å². The molecule has 0 N–H and O–H groups in total. The van der Waals surface area contributed by atoms with Gasteiger partial charge in [0.15, 0.2) is 5.78 Å². The normalized spacial score (nSPS) is 10.0. The van der Waals surface area contributed by atoms with Crippen LogP contribution in [0.2, 0.25) is 0 Å². The van der Waals surface area contributed by atoms with Gasteiger partial charge in [0.1, 0.15) is 24.0 Å². The van der Waals surface area contributed by atoms with Gasteiger partial charge >= 0.3 is 0 Å². The average molecular weight is 287 g/mol. The second-order valence-electron chi connectivity index (χ2n) is 4.40. The van der Waals surface area contributed by atoms with Crippen LogP contribution in [-0.4, -0.2) is 5.78 Å². The number of nitrogens with zero attached hydrogens (tertiary/aromatic N) is 1. The summed E-state index contributed by atoms with van der Waals surface area (Å²) < 4.78 is 32.3. The van der Waals surface area contributed by atoms with Gasteiger partial charge in [-0.05, 0) is 31.2 Å². The topological polar surface area (TPSA) is 50.1 Å². The molecule has 0 heterocycles. The molecule has 2 aromatic carbocycles. The van der Waals surface area contributed by atoms with Crippen molar-refractivity contribution in [3.8, 4) is 11.8 Å². The summed E-state index contributed by atoms with van der Waals surface area (Å²) in [6, 6.07) is 9.36. The van der Waals surface area contributed by atoms with Gasteiger partial charge in [-0.25, -0.2) is 8.78 Å². The van der Waals surface area contributed by atoms with Gasteiger partial charge in [0, 0.05) is 11.6 Å². The molecule has 0 aromatic heterocycles. The van der Waals surface area contributed by atoms with Gasteiger partial charge in [0.2, 0.25) is 0 Å². The molecule has 0 amide bonds. The van der Waals surface area contributed by atoms with E-state index >= 15 is 0 Å². The smallest absolute Gasteiger partial charge is 0.163 e. The Kier molecular flexibility index (Phi) is 4.29. The van der Waals surface area contributed by atoms with Gasteiger partial charge in [-0.15, -0.1) is 0 Å². The second kappa shape index (κ2) is 6.14. The van der Waals surface area contributed by atoms with Crippen molar-refractivity contribution < 1.29 is 18.3 Å². The first kappa shape index (κ1) is 14.7. The van der Waals surface area contributed by atoms with Gasteiger partial charge < -0.3 is 4.74 Å². The maximum atomic E-state index is 13.7. The molecule has 0 saturated carbocycles. The Morgan fingerprint density at radius 3 is 2.62 bits per heavy atom. The SMILES string of the molecule is CC(=O)c1ccc(F)cc1OCc1ccc(C#N)cc1F. The van der Waals surface area contributed by atoms with Crippen molar-refractivity contribution in [2.75, 3.05) is 0 Å². The quantitative estimate of drug-likeness (QED) is 0.807. The highest BCUT2D eigenvalue weighted by molar-refractivity contribution is 5.96. The molecule has 106 valence electrons. The summed E-state index contributed by atoms with van der Waals surface area (Å²) in [5, 5.41) is 8.66. The van der Waals surface area contributed by atoms with E-state index in [1.54, 1.807) is 0 Å². The van der Waals surface area contributed by atoms with Gasteiger partial charge in [0.05, 0.1) is 17.2 Å². The van der Waals surface area contributed by atoms with E-state index in [1.807, 2.05) is 6.07 Å². The Bertz CT molecular complexity index is 736. The maximum Gasteiger partial charge on any atom is 0.163 e. The summed E-state index contributed by atoms with van der Waals surface area (Å²) in [6.45, 7) is 1.17. The van der Waals surface area contributed by atoms with Gasteiger partial charge in [-0.2, -0.15) is 5.26 Å². The molecule has 0 unspecified atom stereocenters. The average Bonchev–Trinajstić information content (AvgIpc) is 2.45. The fourth-order valence-corrected chi connectivity index (χ4v) is 1.80. The van der Waals surface area contributed by atoms with Crippen molar-refractivity contribution in [2.45, 2.75) is 13.5 Å². The number of hydrogen-bond acceptors (Lipinski definition) is 3. The van der Waals surface area contributed by atoms with Crippen LogP contribution in [0.15, 0.2) is 36.4 Å². The zero-order valence-electron chi connectivity index (χ0n) is 11.2. The number of ether oxygens (including phenoxy) is 1. The van der Waals surface area contributed by atoms with Gasteiger partial charge in [-0.3, -0.25) is 4.79 Å². The van der Waals surface area contributed by atoms with Crippen molar-refractivity contribution in [2.24, 2.45) is 0 Å². The Labute approximate surface area is 120 Å². The minimum absolute atomic E-state index is 0.0614. The molecule has 2 aromatic rings. The maximum absolute atomic E-state index is 13.7. The van der Waals surface area contributed by atoms with E-state index in [2.05, 4.69) is 0 Å². The summed E-state index contributed by atoms with van der Waals surface area (Å²) in [7, 11) is 0. The number of carbonyl (C=O) groups is 1. The summed E-state index contributed by atoms with van der Waals surface area (Å²) in [5.41, 5.74) is 0.643. The van der Waals surface area contributed by atoms with E-state index in [1.165, 1.54) is 25.1 Å². The molecule has 0 aliphatic rings. The van der Waals surface area contributed by atoms with Crippen LogP contribution in [-0.2, 0) is 6.61 Å². The molecular weight excluding hydrogens is 276 g/mol. The molecular formula is C16H11F2NO2. The number of halogens is 2. The van der Waals surface area contributed by atoms with Crippen molar-refractivity contribution in [1.82, 2.24) is 0 Å². The lowest BCUT2D eigenvalue weighted by molar-refractivity contribution is 0.101. The predicted octanol–water partition coefficient (Wildman–Crippen LogP) is 3.62. The summed E-state index contributed by atoms with van der Waals surface area (Å²) in [5.74, 6) is -1.35. The monoisotopic (exact) mass is 287 g/mol. The molecule has 0 radical (unpaired) electrons. The fraction of sp³-hybridized carbons (Fsp3) is 0.125. The second-order valence-corrected chi connectivity index (χ2v) is 4.40. The molecule has 0 atom stereocenters. The molecule has 2 rings (SSSR count). The number of rotatable bonds is 4. The minimum atomic E-state index is -0.588. The lowest BCUT2D eigenvalue weighted by Crippen LogP contribution is -2.04. The highest BCUT2D eigenvalue weighted by atomic mass is 19.1. The third kappa shape index (κ3) is 3.42. The van der Waals surface area contributed by atoms with Crippen LogP contribution in [0.25, 0.3) is 0 Å². The highest BCUT2D eigenvalue weighted by Gasteiger charge is 2.11. The van der Waals surface area contributed by atoms with Crippen LogP contribution >= 0.6 is 0 Å². The molecule has 0 fully saturated rings. The summed E-state index contributed by atoms with van der Waals surface area (Å²) in [6.07, 6.45) is 0. The third-order valence-electron chi connectivity index (χ3n) is 2.89. The first-order valence-corrected chi connectivity index (χ1v) is 6.13. The molecule has 0 spiro atoms. The molecule has 5 heteroatoms. The van der Waals surface area contributed by atoms with Crippen molar-refractivity contribution in [3.63, 3.8) is 0 Å². The van der Waals surface area contributed by atoms with Gasteiger partial charge in [0.25, 0.3) is 0 Å². The summed E-state index contributed by atoms with van der Waals surface area (Å²) >= 11 is 0. The minimum Gasteiger partial charge on any atom is -0.488 e. The number of benzene rings is 2. The van der Waals surface area contributed by atoms with Crippen LogP contribution in [0.4, 0.5) is 8.78 Å². The fourth-order valence-electron chi connectivity index (χ4n) is 1.80. The Hall–Kier alpha value is -2.74. The Morgan fingerprint density at radius 2 is 2.00 bits per heavy atom. The van der Waals surface area contributed by atoms with Crippen LogP contribution in [0.3, 0.4) is 0 Å². The largest absolute Gasteiger partial charge is 0.488 e. The van der Waals surface area contributed by atoms with Crippen molar-refractivity contribution in [3.05, 3.63) is 64.7 Å². The van der Waals surface area contributed by atoms with Crippen molar-refractivity contribution in [1.29, 1.82) is 5.26 Å². The first-order valence-electron chi connectivity index (χ1n) is 6.13. The predicted molar refractivity (Wildman–Crippen MR) is 71.9 cm³/mol. The van der Waals surface area contributed by atoms with Crippen LogP contribution in [0.5, 0.6) is 5.75 Å². The molecule has 0 saturated heterocycles. The summed E-state index contributed by atoms with van der Waals surface area (Å²) in [4.78, 5) is 11.4. The number of carbonyl (C=O) groups excluding carboxylic acids is 1. The van der Waals surface area contributed by atoms with Crippen molar-refractivity contribution >= 4 is 5.78 Å². The zero-order valence-corrected chi connectivity index (χ0v) is 11.2. The Balaban J connectivity index is 2.22. The first-order chi connectivity index (χ1) is 10.0. The number of nitriles is 1. The van der Waals surface area contributed by atoms with Gasteiger partial charge in [-0.1, -0.05) is 6.07 Å². The molecule has 3 nitrogen and oxygen atoms in total. The highest BCUT2D eigenvalue weighted by Crippen LogP contribution is 2.22.